The molecule has 1 aliphatic rings. The van der Waals surface area contributed by atoms with Crippen LogP contribution in [0.3, 0.4) is 0 Å². The Kier molecular flexibility index (Phi) is 2.89. The number of hydrogen-bond acceptors (Lipinski definition) is 5. The van der Waals surface area contributed by atoms with Crippen LogP contribution in [-0.4, -0.2) is 29.6 Å². The van der Waals surface area contributed by atoms with Crippen LogP contribution in [0, 0.1) is 0 Å². The third kappa shape index (κ3) is 2.00. The molecule has 5 nitrogen and oxygen atoms in total. The highest BCUT2D eigenvalue weighted by molar-refractivity contribution is 6.31. The first-order chi connectivity index (χ1) is 10.3. The van der Waals surface area contributed by atoms with Crippen molar-refractivity contribution in [3.05, 3.63) is 23.2 Å². The summed E-state index contributed by atoms with van der Waals surface area (Å²) in [6.45, 7) is 4.83. The van der Waals surface area contributed by atoms with Gasteiger partial charge in [-0.1, -0.05) is 11.6 Å². The molecule has 2 aromatic heterocycles. The first-order valence-electron chi connectivity index (χ1n) is 7.15. The second-order valence-electron chi connectivity index (χ2n) is 5.16. The molecule has 0 saturated carbocycles. The van der Waals surface area contributed by atoms with Gasteiger partial charge in [0.15, 0.2) is 11.4 Å². The van der Waals surface area contributed by atoms with Gasteiger partial charge >= 0.3 is 0 Å². The van der Waals surface area contributed by atoms with Crippen LogP contribution in [0.4, 0.5) is 11.8 Å². The summed E-state index contributed by atoms with van der Waals surface area (Å²) in [6, 6.07) is 5.60. The van der Waals surface area contributed by atoms with Gasteiger partial charge in [0.2, 0.25) is 5.95 Å². The van der Waals surface area contributed by atoms with Gasteiger partial charge in [-0.2, -0.15) is 4.98 Å². The van der Waals surface area contributed by atoms with E-state index in [4.69, 9.17) is 16.0 Å². The molecule has 3 aromatic rings. The zero-order valence-electron chi connectivity index (χ0n) is 11.7. The van der Waals surface area contributed by atoms with E-state index in [1.165, 1.54) is 6.42 Å². The Morgan fingerprint density at radius 1 is 1.33 bits per heavy atom. The summed E-state index contributed by atoms with van der Waals surface area (Å²) < 4.78 is 5.98. The minimum absolute atomic E-state index is 0.634. The Balaban J connectivity index is 2.02. The van der Waals surface area contributed by atoms with Gasteiger partial charge in [-0.15, -0.1) is 0 Å². The van der Waals surface area contributed by atoms with Crippen LogP contribution in [0.15, 0.2) is 22.6 Å². The van der Waals surface area contributed by atoms with E-state index in [2.05, 4.69) is 20.2 Å². The third-order valence-electron chi connectivity index (χ3n) is 3.75. The zero-order valence-corrected chi connectivity index (χ0v) is 12.4. The molecule has 0 spiro atoms. The summed E-state index contributed by atoms with van der Waals surface area (Å²) in [7, 11) is 0. The van der Waals surface area contributed by atoms with Crippen LogP contribution in [0.25, 0.3) is 22.1 Å². The highest BCUT2D eigenvalue weighted by atomic mass is 35.5. The lowest BCUT2D eigenvalue weighted by Gasteiger charge is -2.31. The second-order valence-corrected chi connectivity index (χ2v) is 5.60. The number of halogens is 1. The predicted molar refractivity (Wildman–Crippen MR) is 85.3 cm³/mol. The third-order valence-corrected chi connectivity index (χ3v) is 3.98. The van der Waals surface area contributed by atoms with Crippen molar-refractivity contribution in [3.63, 3.8) is 0 Å². The fourth-order valence-electron chi connectivity index (χ4n) is 2.58. The minimum atomic E-state index is 0.634. The lowest BCUT2D eigenvalue weighted by Crippen LogP contribution is -2.37. The summed E-state index contributed by atoms with van der Waals surface area (Å²) >= 11 is 6.11. The molecular formula is C15H15ClN4O. The van der Waals surface area contributed by atoms with Gasteiger partial charge < -0.3 is 14.6 Å². The lowest BCUT2D eigenvalue weighted by molar-refractivity contribution is 0.598. The molecule has 0 radical (unpaired) electrons. The Morgan fingerprint density at radius 2 is 2.19 bits per heavy atom. The second kappa shape index (κ2) is 4.77. The van der Waals surface area contributed by atoms with Gasteiger partial charge in [0.25, 0.3) is 0 Å². The van der Waals surface area contributed by atoms with E-state index in [-0.39, 0.29) is 0 Å². The standard InChI is InChI=1S/C15H15ClN4O/c1-2-17-15-18-12-10-8-9(16)4-5-11(10)21-13(12)14(19-15)20-6-3-7-20/h4-5,8H,2-3,6-7H2,1H3,(H,17,18,19). The topological polar surface area (TPSA) is 54.2 Å². The molecule has 1 saturated heterocycles. The van der Waals surface area contributed by atoms with E-state index in [1.807, 2.05) is 25.1 Å². The summed E-state index contributed by atoms with van der Waals surface area (Å²) in [5, 5.41) is 4.80. The van der Waals surface area contributed by atoms with E-state index < -0.39 is 0 Å². The van der Waals surface area contributed by atoms with E-state index in [0.717, 1.165) is 47.5 Å². The number of fused-ring (bicyclic) bond motifs is 3. The fourth-order valence-corrected chi connectivity index (χ4v) is 2.75. The number of anilines is 2. The molecule has 0 amide bonds. The van der Waals surface area contributed by atoms with E-state index >= 15 is 0 Å². The average Bonchev–Trinajstić information content (AvgIpc) is 2.76. The van der Waals surface area contributed by atoms with Crippen molar-refractivity contribution in [2.45, 2.75) is 13.3 Å². The molecule has 1 fully saturated rings. The Morgan fingerprint density at radius 3 is 2.90 bits per heavy atom. The van der Waals surface area contributed by atoms with Crippen molar-refractivity contribution in [2.24, 2.45) is 0 Å². The van der Waals surface area contributed by atoms with Gasteiger partial charge in [-0.25, -0.2) is 4.98 Å². The Bertz CT molecular complexity index is 825. The van der Waals surface area contributed by atoms with Crippen LogP contribution in [0.1, 0.15) is 13.3 Å². The molecule has 6 heteroatoms. The largest absolute Gasteiger partial charge is 0.450 e. The SMILES string of the molecule is CCNc1nc(N2CCC2)c2oc3ccc(Cl)cc3c2n1. The number of nitrogens with zero attached hydrogens (tertiary/aromatic N) is 3. The molecule has 1 aliphatic heterocycles. The summed E-state index contributed by atoms with van der Waals surface area (Å²) in [5.74, 6) is 1.50. The summed E-state index contributed by atoms with van der Waals surface area (Å²) in [4.78, 5) is 11.4. The molecule has 108 valence electrons. The van der Waals surface area contributed by atoms with Crippen molar-refractivity contribution in [1.29, 1.82) is 0 Å². The number of hydrogen-bond donors (Lipinski definition) is 1. The van der Waals surface area contributed by atoms with Gasteiger partial charge in [-0.05, 0) is 31.5 Å². The highest BCUT2D eigenvalue weighted by Crippen LogP contribution is 2.36. The summed E-state index contributed by atoms with van der Waals surface area (Å²) in [6.07, 6.45) is 1.19. The molecule has 0 bridgehead atoms. The summed E-state index contributed by atoms with van der Waals surface area (Å²) in [5.41, 5.74) is 2.35. The molecule has 0 unspecified atom stereocenters. The number of aromatic nitrogens is 2. The van der Waals surface area contributed by atoms with Gasteiger partial charge in [0.1, 0.15) is 11.1 Å². The molecule has 0 aliphatic carbocycles. The molecule has 21 heavy (non-hydrogen) atoms. The van der Waals surface area contributed by atoms with Gasteiger partial charge in [0.05, 0.1) is 0 Å². The van der Waals surface area contributed by atoms with E-state index in [1.54, 1.807) is 0 Å². The molecule has 3 heterocycles. The van der Waals surface area contributed by atoms with Crippen LogP contribution >= 0.6 is 11.6 Å². The van der Waals surface area contributed by atoms with Crippen molar-refractivity contribution >= 4 is 45.4 Å². The normalized spacial score (nSPS) is 14.7. The average molecular weight is 303 g/mol. The molecule has 1 aromatic carbocycles. The number of benzene rings is 1. The van der Waals surface area contributed by atoms with Crippen LogP contribution in [0.2, 0.25) is 5.02 Å². The highest BCUT2D eigenvalue weighted by Gasteiger charge is 2.23. The molecule has 0 atom stereocenters. The maximum Gasteiger partial charge on any atom is 0.225 e. The maximum atomic E-state index is 6.11. The number of nitrogens with one attached hydrogen (secondary N) is 1. The Labute approximate surface area is 126 Å². The molecule has 4 rings (SSSR count). The minimum Gasteiger partial charge on any atom is -0.450 e. The monoisotopic (exact) mass is 302 g/mol. The smallest absolute Gasteiger partial charge is 0.225 e. The lowest BCUT2D eigenvalue weighted by atomic mass is 10.2. The van der Waals surface area contributed by atoms with Gasteiger partial charge in [0, 0.05) is 30.0 Å². The first-order valence-corrected chi connectivity index (χ1v) is 7.52. The van der Waals surface area contributed by atoms with Gasteiger partial charge in [-0.3, -0.25) is 0 Å². The zero-order chi connectivity index (χ0) is 14.4. The molecular weight excluding hydrogens is 288 g/mol. The van der Waals surface area contributed by atoms with Crippen LogP contribution in [-0.2, 0) is 0 Å². The fraction of sp³-hybridized carbons (Fsp3) is 0.333. The van der Waals surface area contributed by atoms with E-state index in [0.29, 0.717) is 11.0 Å². The van der Waals surface area contributed by atoms with Crippen molar-refractivity contribution < 1.29 is 4.42 Å². The van der Waals surface area contributed by atoms with Crippen molar-refractivity contribution in [3.8, 4) is 0 Å². The van der Waals surface area contributed by atoms with E-state index in [9.17, 15) is 0 Å². The van der Waals surface area contributed by atoms with Crippen LogP contribution in [0.5, 0.6) is 0 Å². The number of furan rings is 1. The predicted octanol–water partition coefficient (Wildman–Crippen LogP) is 3.67. The van der Waals surface area contributed by atoms with Crippen molar-refractivity contribution in [2.75, 3.05) is 29.9 Å². The quantitative estimate of drug-likeness (QED) is 0.800. The number of rotatable bonds is 3. The maximum absolute atomic E-state index is 6.11. The van der Waals surface area contributed by atoms with Crippen LogP contribution < -0.4 is 10.2 Å². The Hall–Kier alpha value is -2.01. The first kappa shape index (κ1) is 12.7. The molecule has 1 N–H and O–H groups in total. The van der Waals surface area contributed by atoms with Crippen molar-refractivity contribution in [1.82, 2.24) is 9.97 Å².